The SMILES string of the molecule is COc1cccc(CSC2NC(=O)CC(CC(=O)Nc3cc(Cl)ccc3OC)N2)c1. The van der Waals surface area contributed by atoms with Crippen LogP contribution in [0.1, 0.15) is 18.4 Å². The highest BCUT2D eigenvalue weighted by Gasteiger charge is 2.27. The maximum atomic E-state index is 12.5. The molecule has 2 unspecified atom stereocenters. The lowest BCUT2D eigenvalue weighted by molar-refractivity contribution is -0.124. The van der Waals surface area contributed by atoms with Crippen molar-refractivity contribution in [1.82, 2.24) is 10.6 Å². The van der Waals surface area contributed by atoms with Crippen LogP contribution in [0.15, 0.2) is 42.5 Å². The highest BCUT2D eigenvalue weighted by Crippen LogP contribution is 2.28. The van der Waals surface area contributed by atoms with E-state index in [2.05, 4.69) is 16.0 Å². The summed E-state index contributed by atoms with van der Waals surface area (Å²) in [6.45, 7) is 0. The zero-order valence-electron chi connectivity index (χ0n) is 16.7. The minimum absolute atomic E-state index is 0.0879. The van der Waals surface area contributed by atoms with Crippen molar-refractivity contribution >= 4 is 40.9 Å². The molecular formula is C21H24ClN3O4S. The fourth-order valence-electron chi connectivity index (χ4n) is 3.11. The van der Waals surface area contributed by atoms with Crippen molar-refractivity contribution in [2.45, 2.75) is 30.1 Å². The van der Waals surface area contributed by atoms with Gasteiger partial charge in [-0.2, -0.15) is 0 Å². The summed E-state index contributed by atoms with van der Waals surface area (Å²) >= 11 is 7.56. The molecule has 3 N–H and O–H groups in total. The van der Waals surface area contributed by atoms with E-state index in [1.165, 1.54) is 7.11 Å². The van der Waals surface area contributed by atoms with Crippen molar-refractivity contribution in [3.05, 3.63) is 53.1 Å². The van der Waals surface area contributed by atoms with Gasteiger partial charge in [0, 0.05) is 29.7 Å². The van der Waals surface area contributed by atoms with Crippen LogP contribution >= 0.6 is 23.4 Å². The average Bonchev–Trinajstić information content (AvgIpc) is 2.72. The highest BCUT2D eigenvalue weighted by molar-refractivity contribution is 7.99. The van der Waals surface area contributed by atoms with Crippen LogP contribution in [-0.2, 0) is 15.3 Å². The smallest absolute Gasteiger partial charge is 0.226 e. The van der Waals surface area contributed by atoms with E-state index in [-0.39, 0.29) is 36.2 Å². The van der Waals surface area contributed by atoms with Crippen LogP contribution in [0.4, 0.5) is 5.69 Å². The van der Waals surface area contributed by atoms with E-state index in [0.717, 1.165) is 11.3 Å². The first kappa shape index (κ1) is 22.3. The molecule has 160 valence electrons. The number of methoxy groups -OCH3 is 2. The second-order valence-electron chi connectivity index (χ2n) is 6.77. The van der Waals surface area contributed by atoms with Crippen LogP contribution in [-0.4, -0.2) is 37.6 Å². The molecule has 7 nitrogen and oxygen atoms in total. The normalized spacial score (nSPS) is 18.4. The number of halogens is 1. The predicted molar refractivity (Wildman–Crippen MR) is 119 cm³/mol. The summed E-state index contributed by atoms with van der Waals surface area (Å²) < 4.78 is 10.5. The monoisotopic (exact) mass is 449 g/mol. The number of benzene rings is 2. The molecule has 0 saturated carbocycles. The fourth-order valence-corrected chi connectivity index (χ4v) is 4.32. The van der Waals surface area contributed by atoms with Gasteiger partial charge in [0.1, 0.15) is 17.0 Å². The number of rotatable bonds is 8. The Balaban J connectivity index is 1.55. The first-order chi connectivity index (χ1) is 14.5. The van der Waals surface area contributed by atoms with Gasteiger partial charge in [0.25, 0.3) is 0 Å². The fraction of sp³-hybridized carbons (Fsp3) is 0.333. The van der Waals surface area contributed by atoms with Gasteiger partial charge in [-0.3, -0.25) is 14.9 Å². The van der Waals surface area contributed by atoms with Gasteiger partial charge in [0.15, 0.2) is 0 Å². The second kappa shape index (κ2) is 10.6. The number of amides is 2. The van der Waals surface area contributed by atoms with Gasteiger partial charge in [-0.1, -0.05) is 23.7 Å². The van der Waals surface area contributed by atoms with E-state index >= 15 is 0 Å². The predicted octanol–water partition coefficient (Wildman–Crippen LogP) is 3.38. The summed E-state index contributed by atoms with van der Waals surface area (Å²) in [4.78, 5) is 24.6. The van der Waals surface area contributed by atoms with Crippen LogP contribution in [0.25, 0.3) is 0 Å². The molecule has 2 atom stereocenters. The molecule has 9 heteroatoms. The largest absolute Gasteiger partial charge is 0.497 e. The molecule has 3 rings (SSSR count). The molecule has 2 aromatic carbocycles. The molecule has 0 radical (unpaired) electrons. The van der Waals surface area contributed by atoms with E-state index < -0.39 is 0 Å². The summed E-state index contributed by atoms with van der Waals surface area (Å²) in [6, 6.07) is 12.5. The van der Waals surface area contributed by atoms with E-state index in [1.54, 1.807) is 37.1 Å². The maximum absolute atomic E-state index is 12.5. The third-order valence-electron chi connectivity index (χ3n) is 4.53. The Kier molecular flexibility index (Phi) is 7.84. The molecular weight excluding hydrogens is 426 g/mol. The number of ether oxygens (including phenoxy) is 2. The summed E-state index contributed by atoms with van der Waals surface area (Å²) in [5.41, 5.74) is 1.30. The Morgan fingerprint density at radius 2 is 2.07 bits per heavy atom. The van der Waals surface area contributed by atoms with E-state index in [9.17, 15) is 9.59 Å². The number of thioether (sulfide) groups is 1. The van der Waals surface area contributed by atoms with Crippen LogP contribution in [0.5, 0.6) is 11.5 Å². The van der Waals surface area contributed by atoms with Crippen molar-refractivity contribution in [2.75, 3.05) is 19.5 Å². The average molecular weight is 450 g/mol. The Morgan fingerprint density at radius 3 is 2.83 bits per heavy atom. The molecule has 1 aliphatic heterocycles. The minimum Gasteiger partial charge on any atom is -0.497 e. The van der Waals surface area contributed by atoms with Crippen LogP contribution in [0.3, 0.4) is 0 Å². The standard InChI is InChI=1S/C21H24ClN3O4S/c1-28-16-5-3-4-13(8-16)12-30-21-23-15(11-20(27)25-21)10-19(26)24-17-9-14(22)6-7-18(17)29-2/h3-9,15,21,23H,10-12H2,1-2H3,(H,24,26)(H,25,27). The van der Waals surface area contributed by atoms with Crippen molar-refractivity contribution in [1.29, 1.82) is 0 Å². The van der Waals surface area contributed by atoms with Crippen molar-refractivity contribution in [3.8, 4) is 11.5 Å². The molecule has 0 bridgehead atoms. The van der Waals surface area contributed by atoms with E-state index in [1.807, 2.05) is 24.3 Å². The summed E-state index contributed by atoms with van der Waals surface area (Å²) in [6.07, 6.45) is 0.385. The van der Waals surface area contributed by atoms with Gasteiger partial charge >= 0.3 is 0 Å². The zero-order valence-corrected chi connectivity index (χ0v) is 18.3. The van der Waals surface area contributed by atoms with Gasteiger partial charge in [-0.15, -0.1) is 11.8 Å². The zero-order chi connectivity index (χ0) is 21.5. The maximum Gasteiger partial charge on any atom is 0.226 e. The number of carbonyl (C=O) groups excluding carboxylic acids is 2. The van der Waals surface area contributed by atoms with Gasteiger partial charge in [-0.25, -0.2) is 0 Å². The lowest BCUT2D eigenvalue weighted by Gasteiger charge is -2.31. The first-order valence-electron chi connectivity index (χ1n) is 9.40. The Bertz CT molecular complexity index is 912. The molecule has 0 aliphatic carbocycles. The molecule has 30 heavy (non-hydrogen) atoms. The number of carbonyl (C=O) groups is 2. The first-order valence-corrected chi connectivity index (χ1v) is 10.8. The molecule has 0 aromatic heterocycles. The molecule has 0 spiro atoms. The molecule has 1 saturated heterocycles. The number of anilines is 1. The minimum atomic E-state index is -0.282. The second-order valence-corrected chi connectivity index (χ2v) is 8.30. The van der Waals surface area contributed by atoms with Crippen molar-refractivity contribution < 1.29 is 19.1 Å². The van der Waals surface area contributed by atoms with Crippen LogP contribution < -0.4 is 25.4 Å². The topological polar surface area (TPSA) is 88.7 Å². The lowest BCUT2D eigenvalue weighted by atomic mass is 10.1. The number of nitrogens with one attached hydrogen (secondary N) is 3. The van der Waals surface area contributed by atoms with Gasteiger partial charge in [-0.05, 0) is 35.9 Å². The summed E-state index contributed by atoms with van der Waals surface area (Å²) in [5, 5.41) is 9.53. The third kappa shape index (κ3) is 6.29. The summed E-state index contributed by atoms with van der Waals surface area (Å²) in [7, 11) is 3.15. The Hall–Kier alpha value is -2.42. The van der Waals surface area contributed by atoms with Crippen LogP contribution in [0, 0.1) is 0 Å². The Morgan fingerprint density at radius 1 is 1.23 bits per heavy atom. The van der Waals surface area contributed by atoms with E-state index in [4.69, 9.17) is 21.1 Å². The van der Waals surface area contributed by atoms with Crippen LogP contribution in [0.2, 0.25) is 5.02 Å². The van der Waals surface area contributed by atoms with E-state index in [0.29, 0.717) is 22.2 Å². The molecule has 1 aliphatic rings. The summed E-state index contributed by atoms with van der Waals surface area (Å²) in [5.74, 6) is 1.69. The number of hydrogen-bond donors (Lipinski definition) is 3. The van der Waals surface area contributed by atoms with Gasteiger partial charge in [0.2, 0.25) is 11.8 Å². The quantitative estimate of drug-likeness (QED) is 0.572. The molecule has 1 heterocycles. The molecule has 1 fully saturated rings. The molecule has 2 amide bonds. The highest BCUT2D eigenvalue weighted by atomic mass is 35.5. The Labute approximate surface area is 184 Å². The molecule has 2 aromatic rings. The van der Waals surface area contributed by atoms with Crippen molar-refractivity contribution in [3.63, 3.8) is 0 Å². The number of hydrogen-bond acceptors (Lipinski definition) is 6. The van der Waals surface area contributed by atoms with Gasteiger partial charge < -0.3 is 20.1 Å². The lowest BCUT2D eigenvalue weighted by Crippen LogP contribution is -2.55. The van der Waals surface area contributed by atoms with Crippen molar-refractivity contribution in [2.24, 2.45) is 0 Å². The third-order valence-corrected chi connectivity index (χ3v) is 5.85. The van der Waals surface area contributed by atoms with Gasteiger partial charge in [0.05, 0.1) is 19.9 Å².